The minimum atomic E-state index is 0.595. The lowest BCUT2D eigenvalue weighted by atomic mass is 9.92. The minimum absolute atomic E-state index is 0.595. The summed E-state index contributed by atoms with van der Waals surface area (Å²) in [4.78, 5) is 5.37. The number of hydrogen-bond acceptors (Lipinski definition) is 4. The molecule has 3 atom stereocenters. The van der Waals surface area contributed by atoms with Gasteiger partial charge in [-0.3, -0.25) is 0 Å². The number of fused-ring (bicyclic) bond motifs is 1. The quantitative estimate of drug-likeness (QED) is 0.849. The van der Waals surface area contributed by atoms with E-state index in [4.69, 9.17) is 0 Å². The van der Waals surface area contributed by atoms with Gasteiger partial charge in [-0.25, -0.2) is 0 Å². The van der Waals surface area contributed by atoms with Gasteiger partial charge in [0.2, 0.25) is 0 Å². The van der Waals surface area contributed by atoms with Gasteiger partial charge >= 0.3 is 0 Å². The number of hydrogen-bond donors (Lipinski definition) is 0. The van der Waals surface area contributed by atoms with Gasteiger partial charge in [0.05, 0.1) is 0 Å². The second-order valence-corrected chi connectivity index (χ2v) is 8.57. The molecule has 3 aliphatic rings. The Morgan fingerprint density at radius 3 is 2.54 bits per heavy atom. The molecular formula is C19H33N5. The lowest BCUT2D eigenvalue weighted by Gasteiger charge is -2.38. The summed E-state index contributed by atoms with van der Waals surface area (Å²) in [5.74, 6) is 4.81. The van der Waals surface area contributed by atoms with Crippen molar-refractivity contribution in [2.24, 2.45) is 11.8 Å². The molecule has 24 heavy (non-hydrogen) atoms. The van der Waals surface area contributed by atoms with Gasteiger partial charge in [0.15, 0.2) is 0 Å². The molecule has 1 aromatic rings. The highest BCUT2D eigenvalue weighted by Crippen LogP contribution is 2.28. The molecular weight excluding hydrogens is 298 g/mol. The topological polar surface area (TPSA) is 37.2 Å². The van der Waals surface area contributed by atoms with Crippen LogP contribution >= 0.6 is 0 Å². The zero-order valence-electron chi connectivity index (χ0n) is 15.5. The summed E-state index contributed by atoms with van der Waals surface area (Å²) in [7, 11) is 0. The highest BCUT2D eigenvalue weighted by Gasteiger charge is 2.29. The average molecular weight is 332 g/mol. The van der Waals surface area contributed by atoms with E-state index in [1.807, 2.05) is 0 Å². The summed E-state index contributed by atoms with van der Waals surface area (Å²) >= 11 is 0. The van der Waals surface area contributed by atoms with Gasteiger partial charge in [0, 0.05) is 51.6 Å². The fourth-order valence-electron chi connectivity index (χ4n) is 5.20. The van der Waals surface area contributed by atoms with Crippen LogP contribution in [0, 0.1) is 11.8 Å². The third kappa shape index (κ3) is 3.52. The molecule has 0 radical (unpaired) electrons. The van der Waals surface area contributed by atoms with Crippen molar-refractivity contribution in [1.82, 2.24) is 24.6 Å². The van der Waals surface area contributed by atoms with Crippen molar-refractivity contribution in [3.63, 3.8) is 0 Å². The summed E-state index contributed by atoms with van der Waals surface area (Å²) in [6.07, 6.45) is 6.36. The first-order valence-electron chi connectivity index (χ1n) is 10.1. The van der Waals surface area contributed by atoms with Crippen molar-refractivity contribution in [3.8, 4) is 0 Å². The molecule has 0 N–H and O–H groups in total. The van der Waals surface area contributed by atoms with Gasteiger partial charge in [-0.05, 0) is 44.1 Å². The first kappa shape index (κ1) is 16.5. The van der Waals surface area contributed by atoms with Crippen LogP contribution in [0.4, 0.5) is 0 Å². The van der Waals surface area contributed by atoms with E-state index in [-0.39, 0.29) is 0 Å². The Hall–Kier alpha value is -0.940. The van der Waals surface area contributed by atoms with Crippen LogP contribution in [-0.4, -0.2) is 63.8 Å². The zero-order valence-corrected chi connectivity index (χ0v) is 15.5. The summed E-state index contributed by atoms with van der Waals surface area (Å²) in [6, 6.07) is 0. The van der Waals surface area contributed by atoms with E-state index in [1.165, 1.54) is 76.6 Å². The van der Waals surface area contributed by atoms with Crippen molar-refractivity contribution in [3.05, 3.63) is 11.6 Å². The van der Waals surface area contributed by atoms with Crippen molar-refractivity contribution in [2.75, 3.05) is 39.3 Å². The molecule has 134 valence electrons. The average Bonchev–Trinajstić information content (AvgIpc) is 3.15. The lowest BCUT2D eigenvalue weighted by Crippen LogP contribution is -2.45. The molecule has 0 bridgehead atoms. The maximum absolute atomic E-state index is 4.54. The third-order valence-electron chi connectivity index (χ3n) is 6.19. The molecule has 4 rings (SSSR count). The Morgan fingerprint density at radius 2 is 1.71 bits per heavy atom. The van der Waals surface area contributed by atoms with Crippen LogP contribution in [0.15, 0.2) is 0 Å². The molecule has 2 fully saturated rings. The lowest BCUT2D eigenvalue weighted by molar-refractivity contribution is 0.112. The van der Waals surface area contributed by atoms with Crippen LogP contribution in [0.25, 0.3) is 0 Å². The normalized spacial score (nSPS) is 32.2. The van der Waals surface area contributed by atoms with E-state index in [1.54, 1.807) is 0 Å². The monoisotopic (exact) mass is 331 g/mol. The maximum Gasteiger partial charge on any atom is 0.137 e. The van der Waals surface area contributed by atoms with Gasteiger partial charge < -0.3 is 14.4 Å². The first-order chi connectivity index (χ1) is 11.7. The zero-order chi connectivity index (χ0) is 16.5. The van der Waals surface area contributed by atoms with Crippen molar-refractivity contribution >= 4 is 0 Å². The molecule has 0 aliphatic carbocycles. The Labute approximate surface area is 146 Å². The van der Waals surface area contributed by atoms with Crippen molar-refractivity contribution in [2.45, 2.75) is 58.4 Å². The molecule has 0 aromatic carbocycles. The molecule has 0 unspecified atom stereocenters. The molecule has 0 amide bonds. The number of likely N-dealkylation sites (tertiary alicyclic amines) is 2. The number of aromatic nitrogens is 3. The predicted octanol–water partition coefficient (Wildman–Crippen LogP) is 2.38. The second kappa shape index (κ2) is 7.12. The molecule has 2 saturated heterocycles. The molecule has 1 aromatic heterocycles. The van der Waals surface area contributed by atoms with Crippen LogP contribution in [-0.2, 0) is 13.0 Å². The van der Waals surface area contributed by atoms with Gasteiger partial charge in [-0.15, -0.1) is 10.2 Å². The minimum Gasteiger partial charge on any atom is -0.315 e. The summed E-state index contributed by atoms with van der Waals surface area (Å²) in [6.45, 7) is 13.4. The van der Waals surface area contributed by atoms with Gasteiger partial charge in [0.25, 0.3) is 0 Å². The van der Waals surface area contributed by atoms with E-state index < -0.39 is 0 Å². The summed E-state index contributed by atoms with van der Waals surface area (Å²) in [5.41, 5.74) is 0. The third-order valence-corrected chi connectivity index (χ3v) is 6.19. The van der Waals surface area contributed by atoms with E-state index in [2.05, 4.69) is 38.4 Å². The van der Waals surface area contributed by atoms with E-state index in [0.29, 0.717) is 5.92 Å². The highest BCUT2D eigenvalue weighted by molar-refractivity contribution is 5.07. The number of rotatable bonds is 4. The maximum atomic E-state index is 4.54. The number of piperidine rings is 2. The molecule has 0 saturated carbocycles. The standard InChI is InChI=1S/C19H33N5/c1-15-11-16(2)13-23(12-15)10-9-22-7-3-5-17(14-22)19-21-20-18-6-4-8-24(18)19/h15-17H,3-14H2,1-2H3/t15-,16+,17-/m0/s1. The fourth-order valence-corrected chi connectivity index (χ4v) is 5.20. The smallest absolute Gasteiger partial charge is 0.137 e. The van der Waals surface area contributed by atoms with Crippen LogP contribution in [0.2, 0.25) is 0 Å². The highest BCUT2D eigenvalue weighted by atomic mass is 15.3. The number of aryl methyl sites for hydroxylation is 1. The van der Waals surface area contributed by atoms with Crippen molar-refractivity contribution < 1.29 is 0 Å². The van der Waals surface area contributed by atoms with Crippen LogP contribution < -0.4 is 0 Å². The Morgan fingerprint density at radius 1 is 0.917 bits per heavy atom. The van der Waals surface area contributed by atoms with Crippen LogP contribution in [0.3, 0.4) is 0 Å². The summed E-state index contributed by atoms with van der Waals surface area (Å²) < 4.78 is 2.40. The molecule has 4 heterocycles. The largest absolute Gasteiger partial charge is 0.315 e. The van der Waals surface area contributed by atoms with Crippen LogP contribution in [0.1, 0.15) is 57.1 Å². The fraction of sp³-hybridized carbons (Fsp3) is 0.895. The molecule has 0 spiro atoms. The molecule has 5 nitrogen and oxygen atoms in total. The first-order valence-corrected chi connectivity index (χ1v) is 10.1. The second-order valence-electron chi connectivity index (χ2n) is 8.57. The summed E-state index contributed by atoms with van der Waals surface area (Å²) in [5, 5.41) is 8.96. The Balaban J connectivity index is 1.32. The number of nitrogens with zero attached hydrogens (tertiary/aromatic N) is 5. The predicted molar refractivity (Wildman–Crippen MR) is 96.1 cm³/mol. The van der Waals surface area contributed by atoms with E-state index in [0.717, 1.165) is 24.8 Å². The van der Waals surface area contributed by atoms with Gasteiger partial charge in [-0.2, -0.15) is 0 Å². The van der Waals surface area contributed by atoms with Crippen LogP contribution in [0.5, 0.6) is 0 Å². The van der Waals surface area contributed by atoms with Gasteiger partial charge in [-0.1, -0.05) is 13.8 Å². The Bertz CT molecular complexity index is 544. The van der Waals surface area contributed by atoms with Gasteiger partial charge in [0.1, 0.15) is 11.6 Å². The molecule has 3 aliphatic heterocycles. The molecule has 5 heteroatoms. The van der Waals surface area contributed by atoms with E-state index >= 15 is 0 Å². The van der Waals surface area contributed by atoms with Crippen molar-refractivity contribution in [1.29, 1.82) is 0 Å². The van der Waals surface area contributed by atoms with E-state index in [9.17, 15) is 0 Å². The SMILES string of the molecule is C[C@@H]1C[C@H](C)CN(CCN2CCC[C@H](c3nnc4n3CCC4)C2)C1. The Kier molecular flexibility index (Phi) is 4.90.